The number of ketones is 1. The molecule has 0 aliphatic rings. The molecule has 2 rings (SSSR count). The normalized spacial score (nSPS) is 11.3. The molecule has 2 aromatic carbocycles. The molecule has 1 atom stereocenters. The molecule has 26 heavy (non-hydrogen) atoms. The van der Waals surface area contributed by atoms with Gasteiger partial charge < -0.3 is 19.3 Å². The van der Waals surface area contributed by atoms with Gasteiger partial charge in [0.1, 0.15) is 29.8 Å². The Labute approximate surface area is 151 Å². The summed E-state index contributed by atoms with van der Waals surface area (Å²) in [6.45, 7) is 3.72. The highest BCUT2D eigenvalue weighted by molar-refractivity contribution is 6.13. The van der Waals surface area contributed by atoms with Gasteiger partial charge in [-0.15, -0.1) is 0 Å². The number of benzene rings is 2. The smallest absolute Gasteiger partial charge is 0.321 e. The van der Waals surface area contributed by atoms with Crippen LogP contribution >= 0.6 is 0 Å². The van der Waals surface area contributed by atoms with Crippen LogP contribution in [0.25, 0.3) is 0 Å². The minimum Gasteiger partial charge on any atom is -0.508 e. The van der Waals surface area contributed by atoms with E-state index in [9.17, 15) is 14.7 Å². The molecule has 1 unspecified atom stereocenters. The van der Waals surface area contributed by atoms with Crippen LogP contribution in [0.15, 0.2) is 55.1 Å². The fourth-order valence-corrected chi connectivity index (χ4v) is 2.45. The lowest BCUT2D eigenvalue weighted by Crippen LogP contribution is -2.24. The second-order valence-corrected chi connectivity index (χ2v) is 5.37. The lowest BCUT2D eigenvalue weighted by atomic mass is 9.89. The van der Waals surface area contributed by atoms with Gasteiger partial charge in [-0.1, -0.05) is 18.7 Å². The number of phenols is 1. The van der Waals surface area contributed by atoms with Crippen LogP contribution in [0.3, 0.4) is 0 Å². The Bertz CT molecular complexity index is 794. The summed E-state index contributed by atoms with van der Waals surface area (Å²) in [7, 11) is 2.73. The third-order valence-electron chi connectivity index (χ3n) is 3.74. The van der Waals surface area contributed by atoms with E-state index in [0.29, 0.717) is 16.9 Å². The van der Waals surface area contributed by atoms with Crippen LogP contribution in [0, 0.1) is 0 Å². The first kappa shape index (κ1) is 19.1. The summed E-state index contributed by atoms with van der Waals surface area (Å²) in [5.74, 6) is -1.64. The Balaban J connectivity index is 2.48. The maximum Gasteiger partial charge on any atom is 0.321 e. The molecule has 0 bridgehead atoms. The van der Waals surface area contributed by atoms with E-state index in [4.69, 9.17) is 14.2 Å². The molecule has 1 N–H and O–H groups in total. The van der Waals surface area contributed by atoms with Crippen molar-refractivity contribution >= 4 is 11.8 Å². The molecule has 0 aromatic heterocycles. The second-order valence-electron chi connectivity index (χ2n) is 5.37. The summed E-state index contributed by atoms with van der Waals surface area (Å²) in [4.78, 5) is 25.3. The number of hydrogen-bond acceptors (Lipinski definition) is 6. The van der Waals surface area contributed by atoms with E-state index in [1.165, 1.54) is 38.5 Å². The average molecular weight is 356 g/mol. The van der Waals surface area contributed by atoms with Gasteiger partial charge in [-0.05, 0) is 30.3 Å². The lowest BCUT2D eigenvalue weighted by Gasteiger charge is -2.18. The monoisotopic (exact) mass is 356 g/mol. The zero-order valence-electron chi connectivity index (χ0n) is 14.6. The minimum absolute atomic E-state index is 0.0478. The van der Waals surface area contributed by atoms with Gasteiger partial charge >= 0.3 is 5.97 Å². The summed E-state index contributed by atoms with van der Waals surface area (Å²) in [6, 6.07) is 10.6. The number of hydrogen-bond donors (Lipinski definition) is 1. The zero-order chi connectivity index (χ0) is 19.1. The molecule has 0 fully saturated rings. The molecule has 2 aromatic rings. The van der Waals surface area contributed by atoms with E-state index in [2.05, 4.69) is 6.58 Å². The number of carbonyl (C=O) groups excluding carboxylic acids is 2. The van der Waals surface area contributed by atoms with Gasteiger partial charge in [0.2, 0.25) is 0 Å². The van der Waals surface area contributed by atoms with E-state index >= 15 is 0 Å². The third-order valence-corrected chi connectivity index (χ3v) is 3.74. The molecule has 0 radical (unpaired) electrons. The molecule has 0 amide bonds. The average Bonchev–Trinajstić information content (AvgIpc) is 2.67. The van der Waals surface area contributed by atoms with Gasteiger partial charge in [-0.2, -0.15) is 0 Å². The highest BCUT2D eigenvalue weighted by Gasteiger charge is 2.33. The van der Waals surface area contributed by atoms with Gasteiger partial charge in [0.25, 0.3) is 0 Å². The van der Waals surface area contributed by atoms with Gasteiger partial charge in [-0.25, -0.2) is 0 Å². The fraction of sp³-hybridized carbons (Fsp3) is 0.200. The molecule has 0 saturated carbocycles. The van der Waals surface area contributed by atoms with Crippen molar-refractivity contribution in [2.24, 2.45) is 0 Å². The predicted molar refractivity (Wildman–Crippen MR) is 95.9 cm³/mol. The van der Waals surface area contributed by atoms with Crippen LogP contribution in [0.1, 0.15) is 21.8 Å². The van der Waals surface area contributed by atoms with E-state index in [1.807, 2.05) is 0 Å². The summed E-state index contributed by atoms with van der Waals surface area (Å²) in [5, 5.41) is 9.71. The fourth-order valence-electron chi connectivity index (χ4n) is 2.45. The number of ether oxygens (including phenoxy) is 3. The lowest BCUT2D eigenvalue weighted by molar-refractivity contribution is -0.141. The van der Waals surface area contributed by atoms with Crippen molar-refractivity contribution in [2.45, 2.75) is 5.92 Å². The first-order valence-corrected chi connectivity index (χ1v) is 7.84. The molecule has 136 valence electrons. The van der Waals surface area contributed by atoms with Crippen LogP contribution < -0.4 is 9.47 Å². The topological polar surface area (TPSA) is 82.1 Å². The van der Waals surface area contributed by atoms with Crippen molar-refractivity contribution in [2.75, 3.05) is 20.8 Å². The van der Waals surface area contributed by atoms with Gasteiger partial charge in [-0.3, -0.25) is 9.59 Å². The molecule has 0 saturated heterocycles. The molecule has 6 nitrogen and oxygen atoms in total. The van der Waals surface area contributed by atoms with Crippen molar-refractivity contribution in [3.05, 3.63) is 66.2 Å². The molecular formula is C20H20O6. The van der Waals surface area contributed by atoms with Crippen molar-refractivity contribution in [1.29, 1.82) is 0 Å². The Morgan fingerprint density at radius 2 is 1.85 bits per heavy atom. The van der Waals surface area contributed by atoms with E-state index in [-0.39, 0.29) is 18.1 Å². The molecular weight excluding hydrogens is 336 g/mol. The van der Waals surface area contributed by atoms with Gasteiger partial charge in [0.15, 0.2) is 5.78 Å². The van der Waals surface area contributed by atoms with Crippen LogP contribution in [0.2, 0.25) is 0 Å². The molecule has 6 heteroatoms. The van der Waals surface area contributed by atoms with E-state index < -0.39 is 17.7 Å². The number of esters is 1. The second kappa shape index (κ2) is 8.71. The minimum atomic E-state index is -1.23. The number of rotatable bonds is 8. The first-order valence-electron chi connectivity index (χ1n) is 7.84. The Hall–Kier alpha value is -3.28. The van der Waals surface area contributed by atoms with Crippen LogP contribution in [-0.2, 0) is 9.53 Å². The number of carbonyl (C=O) groups is 2. The highest BCUT2D eigenvalue weighted by Crippen LogP contribution is 2.33. The predicted octanol–water partition coefficient (Wildman–Crippen LogP) is 3.11. The van der Waals surface area contributed by atoms with E-state index in [1.54, 1.807) is 24.3 Å². The standard InChI is InChI=1S/C20H20O6/c1-4-11-26-17-12-14(21)7-10-16(17)18(20(23)25-3)19(22)13-5-8-15(24-2)9-6-13/h4-10,12,18,21H,1,11H2,2-3H3. The van der Waals surface area contributed by atoms with Crippen molar-refractivity contribution in [1.82, 2.24) is 0 Å². The van der Waals surface area contributed by atoms with Crippen molar-refractivity contribution in [3.8, 4) is 17.2 Å². The number of aromatic hydroxyl groups is 1. The Morgan fingerprint density at radius 1 is 1.15 bits per heavy atom. The largest absolute Gasteiger partial charge is 0.508 e. The maximum absolute atomic E-state index is 13.0. The number of phenolic OH excluding ortho intramolecular Hbond substituents is 1. The zero-order valence-corrected chi connectivity index (χ0v) is 14.6. The molecule has 0 aliphatic heterocycles. The van der Waals surface area contributed by atoms with Crippen molar-refractivity contribution in [3.63, 3.8) is 0 Å². The SMILES string of the molecule is C=CCOc1cc(O)ccc1C(C(=O)OC)C(=O)c1ccc(OC)cc1. The summed E-state index contributed by atoms with van der Waals surface area (Å²) in [5.41, 5.74) is 0.626. The van der Waals surface area contributed by atoms with Crippen LogP contribution in [0.5, 0.6) is 17.2 Å². The van der Waals surface area contributed by atoms with Crippen LogP contribution in [-0.4, -0.2) is 37.7 Å². The summed E-state index contributed by atoms with van der Waals surface area (Å²) in [6.07, 6.45) is 1.52. The molecule has 0 aliphatic carbocycles. The third kappa shape index (κ3) is 4.22. The van der Waals surface area contributed by atoms with Gasteiger partial charge in [0.05, 0.1) is 14.2 Å². The highest BCUT2D eigenvalue weighted by atomic mass is 16.5. The van der Waals surface area contributed by atoms with Gasteiger partial charge in [0, 0.05) is 17.2 Å². The van der Waals surface area contributed by atoms with Crippen LogP contribution in [0.4, 0.5) is 0 Å². The summed E-state index contributed by atoms with van der Waals surface area (Å²) < 4.78 is 15.4. The number of Topliss-reactive ketones (excluding diaryl/α,β-unsaturated/α-hetero) is 1. The number of methoxy groups -OCH3 is 2. The molecule has 0 heterocycles. The molecule has 0 spiro atoms. The quantitative estimate of drug-likeness (QED) is 0.339. The summed E-state index contributed by atoms with van der Waals surface area (Å²) >= 11 is 0. The maximum atomic E-state index is 13.0. The Morgan fingerprint density at radius 3 is 2.42 bits per heavy atom. The van der Waals surface area contributed by atoms with Crippen molar-refractivity contribution < 1.29 is 28.9 Å². The van der Waals surface area contributed by atoms with E-state index in [0.717, 1.165) is 0 Å². The Kier molecular flexibility index (Phi) is 6.38. The first-order chi connectivity index (χ1) is 12.5.